The van der Waals surface area contributed by atoms with Gasteiger partial charge in [-0.15, -0.1) is 0 Å². The van der Waals surface area contributed by atoms with Crippen LogP contribution in [-0.2, 0) is 32.7 Å². The van der Waals surface area contributed by atoms with E-state index in [-0.39, 0.29) is 19.0 Å². The topological polar surface area (TPSA) is 108 Å². The number of esters is 2. The fourth-order valence-corrected chi connectivity index (χ4v) is 5.58. The van der Waals surface area contributed by atoms with Crippen LogP contribution in [0.15, 0.2) is 12.2 Å². The second kappa shape index (κ2) is 32.7. The van der Waals surface area contributed by atoms with Gasteiger partial charge in [0.2, 0.25) is 0 Å². The van der Waals surface area contributed by atoms with Crippen LogP contribution in [-0.4, -0.2) is 43.3 Å². The number of phosphoric ester groups is 1. The third-order valence-corrected chi connectivity index (χ3v) is 8.95. The van der Waals surface area contributed by atoms with Crippen LogP contribution < -0.4 is 0 Å². The first kappa shape index (κ1) is 43.8. The van der Waals surface area contributed by atoms with Crippen LogP contribution in [0.2, 0.25) is 0 Å². The summed E-state index contributed by atoms with van der Waals surface area (Å²) >= 11 is 0. The van der Waals surface area contributed by atoms with Crippen molar-refractivity contribution in [2.45, 2.75) is 187 Å². The van der Waals surface area contributed by atoms with Gasteiger partial charge in [0.1, 0.15) is 6.61 Å². The number of unbranched alkanes of at least 4 members (excludes halogenated alkanes) is 21. The Balaban J connectivity index is 4.07. The molecule has 266 valence electrons. The number of allylic oxidation sites excluding steroid dienone is 2. The highest BCUT2D eigenvalue weighted by molar-refractivity contribution is 7.47. The smallest absolute Gasteiger partial charge is 0.462 e. The van der Waals surface area contributed by atoms with Gasteiger partial charge in [-0.1, -0.05) is 142 Å². The van der Waals surface area contributed by atoms with Crippen molar-refractivity contribution in [1.29, 1.82) is 0 Å². The summed E-state index contributed by atoms with van der Waals surface area (Å²) in [6.45, 7) is 3.86. The van der Waals surface area contributed by atoms with Crippen LogP contribution in [0.4, 0.5) is 0 Å². The Bertz CT molecular complexity index is 757. The van der Waals surface area contributed by atoms with E-state index in [1.165, 1.54) is 96.3 Å². The molecule has 0 spiro atoms. The third-order valence-electron chi connectivity index (χ3n) is 8.01. The maximum atomic E-state index is 12.4. The van der Waals surface area contributed by atoms with E-state index < -0.39 is 26.5 Å². The van der Waals surface area contributed by atoms with E-state index in [9.17, 15) is 19.0 Å². The predicted octanol–water partition coefficient (Wildman–Crippen LogP) is 10.9. The number of hydrogen-bond donors (Lipinski definition) is 1. The lowest BCUT2D eigenvalue weighted by atomic mass is 10.0. The quantitative estimate of drug-likeness (QED) is 0.0314. The summed E-state index contributed by atoms with van der Waals surface area (Å²) in [6.07, 6.45) is 32.6. The maximum absolute atomic E-state index is 12.4. The summed E-state index contributed by atoms with van der Waals surface area (Å²) in [6, 6.07) is 0. The second-order valence-corrected chi connectivity index (χ2v) is 13.9. The molecular formula is C36H69O8P. The average Bonchev–Trinajstić information content (AvgIpc) is 3.03. The average molecular weight is 661 g/mol. The molecule has 0 aromatic heterocycles. The van der Waals surface area contributed by atoms with Gasteiger partial charge in [0, 0.05) is 20.0 Å². The Morgan fingerprint density at radius 2 is 1.00 bits per heavy atom. The highest BCUT2D eigenvalue weighted by Crippen LogP contribution is 2.42. The van der Waals surface area contributed by atoms with Crippen molar-refractivity contribution in [3.8, 4) is 0 Å². The normalized spacial score (nSPS) is 13.6. The zero-order chi connectivity index (χ0) is 33.3. The van der Waals surface area contributed by atoms with E-state index in [2.05, 4.69) is 30.5 Å². The minimum absolute atomic E-state index is 0.223. The second-order valence-electron chi connectivity index (χ2n) is 12.4. The Hall–Kier alpha value is -1.21. The summed E-state index contributed by atoms with van der Waals surface area (Å²) in [4.78, 5) is 34.2. The van der Waals surface area contributed by atoms with Gasteiger partial charge in [0.25, 0.3) is 0 Å². The van der Waals surface area contributed by atoms with Crippen molar-refractivity contribution in [3.05, 3.63) is 12.2 Å². The van der Waals surface area contributed by atoms with Crippen LogP contribution >= 0.6 is 7.82 Å². The van der Waals surface area contributed by atoms with Crippen LogP contribution in [0.5, 0.6) is 0 Å². The highest BCUT2D eigenvalue weighted by atomic mass is 31.2. The van der Waals surface area contributed by atoms with Crippen LogP contribution in [0.3, 0.4) is 0 Å². The van der Waals surface area contributed by atoms with E-state index in [0.717, 1.165) is 58.5 Å². The Labute approximate surface area is 276 Å². The lowest BCUT2D eigenvalue weighted by Gasteiger charge is -2.19. The predicted molar refractivity (Wildman–Crippen MR) is 184 cm³/mol. The molecule has 9 heteroatoms. The van der Waals surface area contributed by atoms with Gasteiger partial charge in [0.15, 0.2) is 6.10 Å². The molecule has 0 aromatic rings. The molecule has 0 aliphatic carbocycles. The summed E-state index contributed by atoms with van der Waals surface area (Å²) in [5.41, 5.74) is 0. The van der Waals surface area contributed by atoms with Gasteiger partial charge >= 0.3 is 19.8 Å². The third kappa shape index (κ3) is 32.5. The largest absolute Gasteiger partial charge is 0.472 e. The lowest BCUT2D eigenvalue weighted by molar-refractivity contribution is -0.161. The van der Waals surface area contributed by atoms with Crippen molar-refractivity contribution in [2.24, 2.45) is 0 Å². The SMILES string of the molecule is CCCCCC/C=C\CCCCCCCC(=O)OC(COC(=O)CCCCCCCCCCCCCCC)COP(=O)(O)OC. The van der Waals surface area contributed by atoms with E-state index in [1.807, 2.05) is 0 Å². The Kier molecular flexibility index (Phi) is 31.8. The molecule has 0 fully saturated rings. The van der Waals surface area contributed by atoms with Crippen molar-refractivity contribution < 1.29 is 37.6 Å². The molecule has 0 radical (unpaired) electrons. The summed E-state index contributed by atoms with van der Waals surface area (Å²) in [5.74, 6) is -0.809. The Morgan fingerprint density at radius 3 is 1.47 bits per heavy atom. The van der Waals surface area contributed by atoms with Gasteiger partial charge < -0.3 is 14.4 Å². The summed E-state index contributed by atoms with van der Waals surface area (Å²) in [5, 5.41) is 0. The minimum Gasteiger partial charge on any atom is -0.462 e. The molecular weight excluding hydrogens is 591 g/mol. The van der Waals surface area contributed by atoms with E-state index in [1.54, 1.807) is 0 Å². The molecule has 0 saturated heterocycles. The number of carbonyl (C=O) groups is 2. The fourth-order valence-electron chi connectivity index (χ4n) is 5.12. The van der Waals surface area contributed by atoms with Gasteiger partial charge in [-0.25, -0.2) is 4.57 Å². The molecule has 0 rings (SSSR count). The molecule has 8 nitrogen and oxygen atoms in total. The van der Waals surface area contributed by atoms with Crippen molar-refractivity contribution in [2.75, 3.05) is 20.3 Å². The molecule has 0 amide bonds. The van der Waals surface area contributed by atoms with E-state index in [0.29, 0.717) is 12.8 Å². The standard InChI is InChI=1S/C36H69O8P/c1-4-6-8-10-12-14-16-18-20-22-24-26-28-30-35(37)42-32-34(33-43-45(39,40)41-3)44-36(38)31-29-27-25-23-21-19-17-15-13-11-9-7-5-2/h15,17,34H,4-14,16,18-33H2,1-3H3,(H,39,40)/b17-15-. The van der Waals surface area contributed by atoms with Gasteiger partial charge in [-0.3, -0.25) is 18.6 Å². The monoisotopic (exact) mass is 660 g/mol. The molecule has 2 atom stereocenters. The molecule has 0 aliphatic rings. The first-order chi connectivity index (χ1) is 21.8. The Morgan fingerprint density at radius 1 is 0.600 bits per heavy atom. The van der Waals surface area contributed by atoms with E-state index >= 15 is 0 Å². The summed E-state index contributed by atoms with van der Waals surface area (Å²) < 4.78 is 31.8. The molecule has 45 heavy (non-hydrogen) atoms. The number of ether oxygens (including phenoxy) is 2. The molecule has 1 N–H and O–H groups in total. The maximum Gasteiger partial charge on any atom is 0.472 e. The van der Waals surface area contributed by atoms with Crippen LogP contribution in [0, 0.1) is 0 Å². The zero-order valence-corrected chi connectivity index (χ0v) is 30.2. The number of rotatable bonds is 34. The molecule has 0 saturated carbocycles. The highest BCUT2D eigenvalue weighted by Gasteiger charge is 2.24. The fraction of sp³-hybridized carbons (Fsp3) is 0.889. The lowest BCUT2D eigenvalue weighted by Crippen LogP contribution is -2.29. The summed E-state index contributed by atoms with van der Waals surface area (Å²) in [7, 11) is -3.19. The zero-order valence-electron chi connectivity index (χ0n) is 29.3. The number of hydrogen-bond acceptors (Lipinski definition) is 7. The van der Waals surface area contributed by atoms with Crippen molar-refractivity contribution in [1.82, 2.24) is 0 Å². The molecule has 2 unspecified atom stereocenters. The van der Waals surface area contributed by atoms with E-state index in [4.69, 9.17) is 14.0 Å². The first-order valence-corrected chi connectivity index (χ1v) is 19.9. The molecule has 0 aromatic carbocycles. The van der Waals surface area contributed by atoms with Gasteiger partial charge in [0.05, 0.1) is 6.61 Å². The number of phosphoric acid groups is 1. The molecule has 0 aliphatic heterocycles. The van der Waals surface area contributed by atoms with Gasteiger partial charge in [-0.2, -0.15) is 0 Å². The van der Waals surface area contributed by atoms with Crippen LogP contribution in [0.1, 0.15) is 181 Å². The first-order valence-electron chi connectivity index (χ1n) is 18.4. The van der Waals surface area contributed by atoms with Crippen molar-refractivity contribution in [3.63, 3.8) is 0 Å². The van der Waals surface area contributed by atoms with Crippen LogP contribution in [0.25, 0.3) is 0 Å². The van der Waals surface area contributed by atoms with Crippen molar-refractivity contribution >= 4 is 19.8 Å². The molecule has 0 bridgehead atoms. The molecule has 0 heterocycles. The minimum atomic E-state index is -4.25. The van der Waals surface area contributed by atoms with Gasteiger partial charge in [-0.05, 0) is 38.5 Å². The number of carbonyl (C=O) groups excluding carboxylic acids is 2.